The van der Waals surface area contributed by atoms with E-state index in [2.05, 4.69) is 0 Å². The first kappa shape index (κ1) is 10.5. The van der Waals surface area contributed by atoms with Crippen molar-refractivity contribution in [3.8, 4) is 5.75 Å². The van der Waals surface area contributed by atoms with Crippen LogP contribution >= 0.6 is 20.8 Å². The van der Waals surface area contributed by atoms with Crippen LogP contribution < -0.4 is 4.74 Å². The second-order valence-electron chi connectivity index (χ2n) is 2.64. The molecule has 0 saturated carbocycles. The molecule has 0 spiro atoms. The van der Waals surface area contributed by atoms with E-state index in [1.54, 1.807) is 24.3 Å². The Morgan fingerprint density at radius 2 is 2.31 bits per heavy atom. The number of halogens is 1. The fourth-order valence-corrected chi connectivity index (χ4v) is 1.21. The summed E-state index contributed by atoms with van der Waals surface area (Å²) in [7, 11) is 0.892. The molecule has 0 bridgehead atoms. The van der Waals surface area contributed by atoms with E-state index in [0.717, 1.165) is 9.24 Å². The van der Waals surface area contributed by atoms with Crippen LogP contribution in [0.1, 0.15) is 0 Å². The van der Waals surface area contributed by atoms with Gasteiger partial charge in [0.25, 0.3) is 0 Å². The van der Waals surface area contributed by atoms with Crippen molar-refractivity contribution in [3.63, 3.8) is 0 Å². The fourth-order valence-electron chi connectivity index (χ4n) is 0.823. The van der Waals surface area contributed by atoms with Gasteiger partial charge in [0.1, 0.15) is 0 Å². The molecule has 4 heteroatoms. The number of Topliss-reactive ketones (excluding diaryl/α,β-unsaturated/α-hetero) is 1. The SMILES string of the molecule is O=C(C[PH4])COc1cccc(Cl)c1. The third-order valence-corrected chi connectivity index (χ3v) is 2.61. The van der Waals surface area contributed by atoms with Crippen LogP contribution in [0.2, 0.25) is 5.02 Å². The number of hydrogen-bond donors (Lipinski definition) is 0. The van der Waals surface area contributed by atoms with Crippen LogP contribution in [0.5, 0.6) is 5.75 Å². The topological polar surface area (TPSA) is 26.3 Å². The number of benzene rings is 1. The van der Waals surface area contributed by atoms with E-state index in [0.29, 0.717) is 16.9 Å². The van der Waals surface area contributed by atoms with Crippen LogP contribution in [0.15, 0.2) is 24.3 Å². The predicted octanol–water partition coefficient (Wildman–Crippen LogP) is 1.63. The molecule has 13 heavy (non-hydrogen) atoms. The number of hydrogen-bond acceptors (Lipinski definition) is 2. The fraction of sp³-hybridized carbons (Fsp3) is 0.222. The molecule has 0 aliphatic carbocycles. The molecule has 0 aliphatic rings. The molecule has 0 N–H and O–H groups in total. The van der Waals surface area contributed by atoms with Crippen molar-refractivity contribution in [3.05, 3.63) is 29.3 Å². The minimum atomic E-state index is 0.145. The molecular weight excluding hydrogens is 207 g/mol. The van der Waals surface area contributed by atoms with E-state index in [1.807, 2.05) is 0 Å². The molecule has 72 valence electrons. The zero-order valence-electron chi connectivity index (χ0n) is 7.42. The second-order valence-corrected chi connectivity index (χ2v) is 3.78. The summed E-state index contributed by atoms with van der Waals surface area (Å²) in [6, 6.07) is 7.04. The van der Waals surface area contributed by atoms with E-state index in [1.165, 1.54) is 0 Å². The van der Waals surface area contributed by atoms with E-state index >= 15 is 0 Å². The summed E-state index contributed by atoms with van der Waals surface area (Å²) < 4.78 is 5.23. The summed E-state index contributed by atoms with van der Waals surface area (Å²) in [5, 5.41) is 0.621. The second kappa shape index (κ2) is 5.21. The third-order valence-electron chi connectivity index (χ3n) is 1.59. The molecule has 0 unspecified atom stereocenters. The van der Waals surface area contributed by atoms with Gasteiger partial charge in [0.2, 0.25) is 0 Å². The number of carbonyl (C=O) groups is 1. The Bertz CT molecular complexity index is 301. The predicted molar refractivity (Wildman–Crippen MR) is 59.3 cm³/mol. The van der Waals surface area contributed by atoms with Gasteiger partial charge in [-0.3, -0.25) is 0 Å². The molecule has 0 atom stereocenters. The average molecular weight is 219 g/mol. The first-order valence-corrected chi connectivity index (χ1v) is 5.91. The third kappa shape index (κ3) is 3.75. The Labute approximate surface area is 84.4 Å². The van der Waals surface area contributed by atoms with Crippen molar-refractivity contribution in [2.24, 2.45) is 0 Å². The van der Waals surface area contributed by atoms with Gasteiger partial charge in [-0.25, -0.2) is 0 Å². The van der Waals surface area contributed by atoms with Gasteiger partial charge in [-0.2, -0.15) is 0 Å². The molecular formula is C9H12ClO2P. The zero-order valence-corrected chi connectivity index (χ0v) is 10.2. The van der Waals surface area contributed by atoms with Gasteiger partial charge < -0.3 is 0 Å². The van der Waals surface area contributed by atoms with Gasteiger partial charge in [-0.15, -0.1) is 0 Å². The first-order valence-electron chi connectivity index (χ1n) is 4.12. The Kier molecular flexibility index (Phi) is 4.20. The van der Waals surface area contributed by atoms with Gasteiger partial charge in [-0.05, 0) is 0 Å². The molecule has 0 aliphatic heterocycles. The monoisotopic (exact) mass is 218 g/mol. The average Bonchev–Trinajstić information content (AvgIpc) is 2.14. The van der Waals surface area contributed by atoms with Crippen molar-refractivity contribution < 1.29 is 9.53 Å². The first-order chi connectivity index (χ1) is 6.22. The van der Waals surface area contributed by atoms with Crippen molar-refractivity contribution in [2.75, 3.05) is 12.8 Å². The van der Waals surface area contributed by atoms with E-state index < -0.39 is 0 Å². The standard InChI is InChI=1S/C9H12ClO2P/c10-7-2-1-3-9(4-7)12-5-8(11)6-13/h1-4H,5-6H2,13H4. The molecule has 0 amide bonds. The molecule has 0 fully saturated rings. The molecule has 1 rings (SSSR count). The van der Waals surface area contributed by atoms with E-state index in [-0.39, 0.29) is 12.4 Å². The maximum absolute atomic E-state index is 10.9. The summed E-state index contributed by atoms with van der Waals surface area (Å²) in [6.45, 7) is 0.157. The van der Waals surface area contributed by atoms with Crippen LogP contribution in [0.4, 0.5) is 0 Å². The van der Waals surface area contributed by atoms with Crippen LogP contribution in [0.3, 0.4) is 0 Å². The summed E-state index contributed by atoms with van der Waals surface area (Å²) in [5.74, 6) is 0.794. The van der Waals surface area contributed by atoms with Gasteiger partial charge >= 0.3 is 84.0 Å². The van der Waals surface area contributed by atoms with Crippen LogP contribution in [-0.4, -0.2) is 18.6 Å². The Hall–Kier alpha value is -0.590. The van der Waals surface area contributed by atoms with Crippen molar-refractivity contribution in [1.29, 1.82) is 0 Å². The van der Waals surface area contributed by atoms with Gasteiger partial charge in [0, 0.05) is 0 Å². The summed E-state index contributed by atoms with van der Waals surface area (Å²) in [4.78, 5) is 10.9. The molecule has 0 saturated heterocycles. The summed E-state index contributed by atoms with van der Waals surface area (Å²) in [6.07, 6.45) is 0.639. The summed E-state index contributed by atoms with van der Waals surface area (Å²) >= 11 is 5.74. The maximum atomic E-state index is 10.9. The molecule has 2 nitrogen and oxygen atoms in total. The van der Waals surface area contributed by atoms with Crippen LogP contribution in [-0.2, 0) is 4.79 Å². The van der Waals surface area contributed by atoms with Crippen molar-refractivity contribution >= 4 is 26.6 Å². The Balaban J connectivity index is 2.50. The van der Waals surface area contributed by atoms with Crippen LogP contribution in [0, 0.1) is 0 Å². The minimum absolute atomic E-state index is 0.145. The number of ether oxygens (including phenoxy) is 1. The Morgan fingerprint density at radius 1 is 1.54 bits per heavy atom. The van der Waals surface area contributed by atoms with Crippen LogP contribution in [0.25, 0.3) is 0 Å². The number of carbonyl (C=O) groups excluding carboxylic acids is 1. The quantitative estimate of drug-likeness (QED) is 0.718. The number of ketones is 1. The molecule has 0 aromatic heterocycles. The molecule has 0 radical (unpaired) electrons. The number of rotatable bonds is 4. The van der Waals surface area contributed by atoms with Gasteiger partial charge in [0.05, 0.1) is 0 Å². The summed E-state index contributed by atoms with van der Waals surface area (Å²) in [5.41, 5.74) is 0. The molecule has 0 heterocycles. The normalized spacial score (nSPS) is 9.77. The molecule has 1 aromatic rings. The van der Waals surface area contributed by atoms with Gasteiger partial charge in [0.15, 0.2) is 0 Å². The molecule has 1 aromatic carbocycles. The van der Waals surface area contributed by atoms with E-state index in [9.17, 15) is 4.79 Å². The van der Waals surface area contributed by atoms with Gasteiger partial charge in [-0.1, -0.05) is 0 Å². The zero-order chi connectivity index (χ0) is 9.68. The van der Waals surface area contributed by atoms with Crippen molar-refractivity contribution in [1.82, 2.24) is 0 Å². The Morgan fingerprint density at radius 3 is 2.92 bits per heavy atom. The van der Waals surface area contributed by atoms with E-state index in [4.69, 9.17) is 16.3 Å². The van der Waals surface area contributed by atoms with Crippen molar-refractivity contribution in [2.45, 2.75) is 0 Å².